The number of hydrogen-bond acceptors (Lipinski definition) is 3. The average molecular weight is 244 g/mol. The first-order valence-electron chi connectivity index (χ1n) is 6.83. The van der Waals surface area contributed by atoms with E-state index in [1.165, 1.54) is 25.8 Å². The Morgan fingerprint density at radius 2 is 2.11 bits per heavy atom. The maximum atomic E-state index is 4.42. The lowest BCUT2D eigenvalue weighted by atomic mass is 10.00. The summed E-state index contributed by atoms with van der Waals surface area (Å²) in [5, 5.41) is 8.70. The molecule has 1 aliphatic rings. The van der Waals surface area contributed by atoms with Gasteiger partial charge in [0.25, 0.3) is 0 Å². The minimum Gasteiger partial charge on any atom is -0.291 e. The highest BCUT2D eigenvalue weighted by atomic mass is 15.3. The fraction of sp³-hybridized carbons (Fsp3) is 0.571. The Bertz CT molecular complexity index is 531. The molecule has 4 nitrogen and oxygen atoms in total. The molecule has 0 bridgehead atoms. The summed E-state index contributed by atoms with van der Waals surface area (Å²) in [5.41, 5.74) is 0.946. The third-order valence-electron chi connectivity index (χ3n) is 3.85. The third kappa shape index (κ3) is 1.90. The van der Waals surface area contributed by atoms with Crippen molar-refractivity contribution < 1.29 is 0 Å². The van der Waals surface area contributed by atoms with Crippen LogP contribution in [0.5, 0.6) is 0 Å². The Labute approximate surface area is 108 Å². The van der Waals surface area contributed by atoms with Crippen LogP contribution >= 0.6 is 0 Å². The van der Waals surface area contributed by atoms with E-state index in [9.17, 15) is 0 Å². The SMILES string of the molecule is CC(C)N1CCCCC1c1nnc2ccccn12. The Hall–Kier alpha value is -1.42. The van der Waals surface area contributed by atoms with Crippen molar-refractivity contribution in [2.24, 2.45) is 0 Å². The molecule has 0 saturated carbocycles. The van der Waals surface area contributed by atoms with Crippen LogP contribution < -0.4 is 0 Å². The molecular weight excluding hydrogens is 224 g/mol. The maximum absolute atomic E-state index is 4.42. The Morgan fingerprint density at radius 1 is 1.22 bits per heavy atom. The smallest absolute Gasteiger partial charge is 0.160 e. The largest absolute Gasteiger partial charge is 0.291 e. The van der Waals surface area contributed by atoms with Gasteiger partial charge in [-0.05, 0) is 45.4 Å². The standard InChI is InChI=1S/C14H20N4/c1-11(2)17-9-5-3-7-12(17)14-16-15-13-8-4-6-10-18(13)14/h4,6,8,10-12H,3,5,7,9H2,1-2H3. The highest BCUT2D eigenvalue weighted by Crippen LogP contribution is 2.31. The molecule has 0 aliphatic carbocycles. The highest BCUT2D eigenvalue weighted by Gasteiger charge is 2.29. The van der Waals surface area contributed by atoms with Gasteiger partial charge in [-0.25, -0.2) is 0 Å². The molecule has 3 rings (SSSR count). The molecule has 4 heteroatoms. The monoisotopic (exact) mass is 244 g/mol. The van der Waals surface area contributed by atoms with Gasteiger partial charge in [0, 0.05) is 12.2 Å². The molecular formula is C14H20N4. The van der Waals surface area contributed by atoms with E-state index in [4.69, 9.17) is 0 Å². The van der Waals surface area contributed by atoms with Gasteiger partial charge in [-0.1, -0.05) is 12.5 Å². The number of rotatable bonds is 2. The molecule has 0 aromatic carbocycles. The van der Waals surface area contributed by atoms with Crippen LogP contribution in [0.15, 0.2) is 24.4 Å². The van der Waals surface area contributed by atoms with Crippen LogP contribution in [-0.2, 0) is 0 Å². The highest BCUT2D eigenvalue weighted by molar-refractivity contribution is 5.37. The number of nitrogens with zero attached hydrogens (tertiary/aromatic N) is 4. The minimum absolute atomic E-state index is 0.413. The summed E-state index contributed by atoms with van der Waals surface area (Å²) in [6.45, 7) is 5.70. The molecule has 0 spiro atoms. The molecule has 0 amide bonds. The zero-order valence-corrected chi connectivity index (χ0v) is 11.1. The van der Waals surface area contributed by atoms with Gasteiger partial charge in [-0.3, -0.25) is 9.30 Å². The van der Waals surface area contributed by atoms with Gasteiger partial charge in [0.05, 0.1) is 6.04 Å². The summed E-state index contributed by atoms with van der Waals surface area (Å²) < 4.78 is 2.13. The lowest BCUT2D eigenvalue weighted by Crippen LogP contribution is -2.39. The van der Waals surface area contributed by atoms with Gasteiger partial charge < -0.3 is 0 Å². The average Bonchev–Trinajstić information content (AvgIpc) is 2.82. The predicted molar refractivity (Wildman–Crippen MR) is 71.4 cm³/mol. The fourth-order valence-electron chi connectivity index (χ4n) is 2.94. The molecule has 1 aliphatic heterocycles. The molecule has 1 fully saturated rings. The zero-order valence-electron chi connectivity index (χ0n) is 11.1. The van der Waals surface area contributed by atoms with Gasteiger partial charge in [-0.15, -0.1) is 10.2 Å². The van der Waals surface area contributed by atoms with E-state index in [1.54, 1.807) is 0 Å². The molecule has 1 atom stereocenters. The molecule has 0 radical (unpaired) electrons. The van der Waals surface area contributed by atoms with Crippen molar-refractivity contribution in [3.05, 3.63) is 30.2 Å². The summed E-state index contributed by atoms with van der Waals surface area (Å²) in [5.74, 6) is 1.10. The Balaban J connectivity index is 2.01. The van der Waals surface area contributed by atoms with E-state index >= 15 is 0 Å². The zero-order chi connectivity index (χ0) is 12.5. The number of aromatic nitrogens is 3. The van der Waals surface area contributed by atoms with Crippen molar-refractivity contribution in [3.63, 3.8) is 0 Å². The van der Waals surface area contributed by atoms with Gasteiger partial charge in [0.2, 0.25) is 0 Å². The van der Waals surface area contributed by atoms with Crippen molar-refractivity contribution in [2.45, 2.75) is 45.2 Å². The van der Waals surface area contributed by atoms with E-state index in [-0.39, 0.29) is 0 Å². The number of likely N-dealkylation sites (tertiary alicyclic amines) is 1. The normalized spacial score (nSPS) is 21.8. The number of pyridine rings is 1. The van der Waals surface area contributed by atoms with Crippen LogP contribution in [0.4, 0.5) is 0 Å². The molecule has 3 heterocycles. The maximum Gasteiger partial charge on any atom is 0.160 e. The number of hydrogen-bond donors (Lipinski definition) is 0. The Morgan fingerprint density at radius 3 is 2.94 bits per heavy atom. The molecule has 18 heavy (non-hydrogen) atoms. The van der Waals surface area contributed by atoms with Crippen LogP contribution in [0.3, 0.4) is 0 Å². The molecule has 0 N–H and O–H groups in total. The first-order valence-corrected chi connectivity index (χ1v) is 6.83. The van der Waals surface area contributed by atoms with Crippen molar-refractivity contribution in [2.75, 3.05) is 6.54 Å². The van der Waals surface area contributed by atoms with Crippen molar-refractivity contribution >= 4 is 5.65 Å². The second kappa shape index (κ2) is 4.69. The van der Waals surface area contributed by atoms with Crippen molar-refractivity contribution in [3.8, 4) is 0 Å². The quantitative estimate of drug-likeness (QED) is 0.814. The summed E-state index contributed by atoms with van der Waals surface area (Å²) in [4.78, 5) is 2.55. The first kappa shape index (κ1) is 11.7. The fourth-order valence-corrected chi connectivity index (χ4v) is 2.94. The summed E-state index contributed by atoms with van der Waals surface area (Å²) in [7, 11) is 0. The molecule has 1 unspecified atom stereocenters. The van der Waals surface area contributed by atoms with Crippen LogP contribution in [0.2, 0.25) is 0 Å². The lowest BCUT2D eigenvalue weighted by Gasteiger charge is -2.37. The van der Waals surface area contributed by atoms with Crippen molar-refractivity contribution in [1.82, 2.24) is 19.5 Å². The summed E-state index contributed by atoms with van der Waals surface area (Å²) >= 11 is 0. The van der Waals surface area contributed by atoms with Crippen LogP contribution in [-0.4, -0.2) is 32.1 Å². The van der Waals surface area contributed by atoms with Gasteiger partial charge >= 0.3 is 0 Å². The van der Waals surface area contributed by atoms with Crippen molar-refractivity contribution in [1.29, 1.82) is 0 Å². The molecule has 1 saturated heterocycles. The molecule has 2 aromatic rings. The predicted octanol–water partition coefficient (Wildman–Crippen LogP) is 2.66. The second-order valence-electron chi connectivity index (χ2n) is 5.33. The third-order valence-corrected chi connectivity index (χ3v) is 3.85. The van der Waals surface area contributed by atoms with Gasteiger partial charge in [-0.2, -0.15) is 0 Å². The van der Waals surface area contributed by atoms with E-state index in [1.807, 2.05) is 18.2 Å². The Kier molecular flexibility index (Phi) is 3.04. The van der Waals surface area contributed by atoms with Crippen LogP contribution in [0, 0.1) is 0 Å². The van der Waals surface area contributed by atoms with Crippen LogP contribution in [0.1, 0.15) is 45.0 Å². The molecule has 2 aromatic heterocycles. The second-order valence-corrected chi connectivity index (χ2v) is 5.33. The van der Waals surface area contributed by atoms with E-state index in [2.05, 4.69) is 39.5 Å². The van der Waals surface area contributed by atoms with Gasteiger partial charge in [0.1, 0.15) is 0 Å². The van der Waals surface area contributed by atoms with Crippen LogP contribution in [0.25, 0.3) is 5.65 Å². The van der Waals surface area contributed by atoms with E-state index in [0.717, 1.165) is 11.5 Å². The van der Waals surface area contributed by atoms with E-state index < -0.39 is 0 Å². The first-order chi connectivity index (χ1) is 8.77. The molecule has 96 valence electrons. The number of fused-ring (bicyclic) bond motifs is 1. The summed E-state index contributed by atoms with van der Waals surface area (Å²) in [6, 6.07) is 7.04. The number of piperidine rings is 1. The summed E-state index contributed by atoms with van der Waals surface area (Å²) in [6.07, 6.45) is 5.84. The topological polar surface area (TPSA) is 33.4 Å². The minimum atomic E-state index is 0.413. The lowest BCUT2D eigenvalue weighted by molar-refractivity contribution is 0.105. The van der Waals surface area contributed by atoms with Gasteiger partial charge in [0.15, 0.2) is 11.5 Å². The van der Waals surface area contributed by atoms with E-state index in [0.29, 0.717) is 12.1 Å².